The molecule has 0 heterocycles. The van der Waals surface area contributed by atoms with Crippen molar-refractivity contribution in [1.29, 1.82) is 0 Å². The van der Waals surface area contributed by atoms with E-state index in [1.54, 1.807) is 7.05 Å². The molecule has 0 saturated carbocycles. The van der Waals surface area contributed by atoms with Gasteiger partial charge in [-0.15, -0.1) is 11.8 Å². The lowest BCUT2D eigenvalue weighted by Crippen LogP contribution is -2.16. The minimum atomic E-state index is 0.136. The highest BCUT2D eigenvalue weighted by molar-refractivity contribution is 5.75. The van der Waals surface area contributed by atoms with Crippen molar-refractivity contribution in [3.8, 4) is 11.8 Å². The smallest absolute Gasteiger partial charge is 0.219 e. The van der Waals surface area contributed by atoms with Crippen LogP contribution in [-0.2, 0) is 4.79 Å². The quantitative estimate of drug-likeness (QED) is 0.490. The molecule has 0 aromatic carbocycles. The Kier molecular flexibility index (Phi) is 7.47. The molecule has 0 aliphatic rings. The maximum Gasteiger partial charge on any atom is 0.219 e. The molecule has 0 atom stereocenters. The monoisotopic (exact) mass is 167 g/mol. The number of rotatable bonds is 5. The van der Waals surface area contributed by atoms with Gasteiger partial charge >= 0.3 is 0 Å². The molecule has 1 amide bonds. The number of carbonyl (C=O) groups excluding carboxylic acids is 1. The fraction of sp³-hybridized carbons (Fsp3) is 0.700. The van der Waals surface area contributed by atoms with Crippen molar-refractivity contribution in [1.82, 2.24) is 5.32 Å². The predicted molar refractivity (Wildman–Crippen MR) is 50.6 cm³/mol. The summed E-state index contributed by atoms with van der Waals surface area (Å²) in [6, 6.07) is 0. The van der Waals surface area contributed by atoms with Crippen LogP contribution in [0.2, 0.25) is 0 Å². The van der Waals surface area contributed by atoms with E-state index in [1.807, 2.05) is 6.92 Å². The molecule has 1 N–H and O–H groups in total. The molecule has 0 aromatic rings. The zero-order chi connectivity index (χ0) is 9.23. The zero-order valence-corrected chi connectivity index (χ0v) is 7.94. The van der Waals surface area contributed by atoms with E-state index in [2.05, 4.69) is 17.2 Å². The molecule has 0 unspecified atom stereocenters. The Bertz CT molecular complexity index is 176. The van der Waals surface area contributed by atoms with Crippen molar-refractivity contribution in [2.75, 3.05) is 7.05 Å². The third-order valence-electron chi connectivity index (χ3n) is 1.66. The second-order valence-electron chi connectivity index (χ2n) is 2.66. The standard InChI is InChI=1S/C10H17NO/c1-3-4-5-6-7-8-9-10(12)11-2/h5-9H2,1-2H3,(H,11,12). The Morgan fingerprint density at radius 1 is 1.33 bits per heavy atom. The minimum absolute atomic E-state index is 0.136. The highest BCUT2D eigenvalue weighted by Gasteiger charge is 1.95. The summed E-state index contributed by atoms with van der Waals surface area (Å²) in [5.41, 5.74) is 0. The van der Waals surface area contributed by atoms with Gasteiger partial charge in [0.25, 0.3) is 0 Å². The Labute approximate surface area is 74.7 Å². The van der Waals surface area contributed by atoms with Gasteiger partial charge in [-0.2, -0.15) is 0 Å². The van der Waals surface area contributed by atoms with Crippen molar-refractivity contribution in [3.05, 3.63) is 0 Å². The van der Waals surface area contributed by atoms with Crippen LogP contribution >= 0.6 is 0 Å². The van der Waals surface area contributed by atoms with Gasteiger partial charge in [-0.05, 0) is 19.8 Å². The van der Waals surface area contributed by atoms with Crippen LogP contribution in [0.15, 0.2) is 0 Å². The molecule has 0 aromatic heterocycles. The van der Waals surface area contributed by atoms with Gasteiger partial charge in [0, 0.05) is 19.9 Å². The molecule has 0 aliphatic heterocycles. The van der Waals surface area contributed by atoms with E-state index in [9.17, 15) is 4.79 Å². The molecular formula is C10H17NO. The maximum absolute atomic E-state index is 10.8. The second kappa shape index (κ2) is 8.13. The summed E-state index contributed by atoms with van der Waals surface area (Å²) in [6.45, 7) is 1.85. The summed E-state index contributed by atoms with van der Waals surface area (Å²) in [6.07, 6.45) is 4.80. The fourth-order valence-corrected chi connectivity index (χ4v) is 0.926. The number of hydrogen-bond donors (Lipinski definition) is 1. The molecule has 0 aliphatic carbocycles. The van der Waals surface area contributed by atoms with Crippen molar-refractivity contribution in [2.24, 2.45) is 0 Å². The molecule has 0 saturated heterocycles. The number of hydrogen-bond acceptors (Lipinski definition) is 1. The van der Waals surface area contributed by atoms with E-state index in [-0.39, 0.29) is 5.91 Å². The Balaban J connectivity index is 3.09. The summed E-state index contributed by atoms with van der Waals surface area (Å²) in [5.74, 6) is 5.98. The third kappa shape index (κ3) is 7.14. The highest BCUT2D eigenvalue weighted by atomic mass is 16.1. The summed E-state index contributed by atoms with van der Waals surface area (Å²) < 4.78 is 0. The van der Waals surface area contributed by atoms with Crippen LogP contribution in [0.1, 0.15) is 39.0 Å². The molecule has 2 nitrogen and oxygen atoms in total. The lowest BCUT2D eigenvalue weighted by atomic mass is 10.1. The number of amides is 1. The minimum Gasteiger partial charge on any atom is -0.359 e. The van der Waals surface area contributed by atoms with Gasteiger partial charge in [-0.3, -0.25) is 4.79 Å². The van der Waals surface area contributed by atoms with E-state index in [0.29, 0.717) is 6.42 Å². The van der Waals surface area contributed by atoms with E-state index < -0.39 is 0 Å². The molecule has 68 valence electrons. The van der Waals surface area contributed by atoms with Gasteiger partial charge in [0.1, 0.15) is 0 Å². The van der Waals surface area contributed by atoms with E-state index in [4.69, 9.17) is 0 Å². The van der Waals surface area contributed by atoms with Crippen molar-refractivity contribution in [2.45, 2.75) is 39.0 Å². The first kappa shape index (κ1) is 11.0. The molecule has 0 rings (SSSR count). The number of nitrogens with one attached hydrogen (secondary N) is 1. The van der Waals surface area contributed by atoms with E-state index in [0.717, 1.165) is 25.7 Å². The number of unbranched alkanes of at least 4 members (excludes halogenated alkanes) is 3. The Morgan fingerprint density at radius 3 is 2.67 bits per heavy atom. The average Bonchev–Trinajstić information content (AvgIpc) is 2.10. The lowest BCUT2D eigenvalue weighted by molar-refractivity contribution is -0.120. The SMILES string of the molecule is CC#CCCCCCC(=O)NC. The van der Waals surface area contributed by atoms with Gasteiger partial charge in [0.2, 0.25) is 5.91 Å². The molecule has 0 radical (unpaired) electrons. The summed E-state index contributed by atoms with van der Waals surface area (Å²) in [7, 11) is 1.67. The largest absolute Gasteiger partial charge is 0.359 e. The fourth-order valence-electron chi connectivity index (χ4n) is 0.926. The van der Waals surface area contributed by atoms with Crippen LogP contribution in [0.5, 0.6) is 0 Å². The van der Waals surface area contributed by atoms with E-state index >= 15 is 0 Å². The second-order valence-corrected chi connectivity index (χ2v) is 2.66. The molecule has 2 heteroatoms. The molecule has 0 fully saturated rings. The molecule has 0 spiro atoms. The first-order chi connectivity index (χ1) is 5.81. The van der Waals surface area contributed by atoms with Crippen LogP contribution in [-0.4, -0.2) is 13.0 Å². The summed E-state index contributed by atoms with van der Waals surface area (Å²) >= 11 is 0. The topological polar surface area (TPSA) is 29.1 Å². The predicted octanol–water partition coefficient (Wildman–Crippen LogP) is 1.71. The molecule has 0 bridgehead atoms. The lowest BCUT2D eigenvalue weighted by Gasteiger charge is -1.97. The van der Waals surface area contributed by atoms with E-state index in [1.165, 1.54) is 0 Å². The van der Waals surface area contributed by atoms with Crippen molar-refractivity contribution >= 4 is 5.91 Å². The van der Waals surface area contributed by atoms with Gasteiger partial charge in [-0.25, -0.2) is 0 Å². The Hall–Kier alpha value is -0.970. The van der Waals surface area contributed by atoms with Crippen LogP contribution in [0.25, 0.3) is 0 Å². The van der Waals surface area contributed by atoms with Gasteiger partial charge < -0.3 is 5.32 Å². The molecule has 12 heavy (non-hydrogen) atoms. The van der Waals surface area contributed by atoms with Crippen LogP contribution < -0.4 is 5.32 Å². The Morgan fingerprint density at radius 2 is 2.08 bits per heavy atom. The first-order valence-electron chi connectivity index (χ1n) is 4.41. The maximum atomic E-state index is 10.8. The third-order valence-corrected chi connectivity index (χ3v) is 1.66. The van der Waals surface area contributed by atoms with Gasteiger partial charge in [0.15, 0.2) is 0 Å². The first-order valence-corrected chi connectivity index (χ1v) is 4.41. The van der Waals surface area contributed by atoms with Crippen LogP contribution in [0.3, 0.4) is 0 Å². The van der Waals surface area contributed by atoms with Crippen molar-refractivity contribution < 1.29 is 4.79 Å². The van der Waals surface area contributed by atoms with Gasteiger partial charge in [-0.1, -0.05) is 6.42 Å². The zero-order valence-electron chi connectivity index (χ0n) is 7.94. The number of carbonyl (C=O) groups is 1. The van der Waals surface area contributed by atoms with Gasteiger partial charge in [0.05, 0.1) is 0 Å². The average molecular weight is 167 g/mol. The van der Waals surface area contributed by atoms with Crippen LogP contribution in [0, 0.1) is 11.8 Å². The highest BCUT2D eigenvalue weighted by Crippen LogP contribution is 2.01. The summed E-state index contributed by atoms with van der Waals surface area (Å²) in [4.78, 5) is 10.8. The normalized spacial score (nSPS) is 8.50. The summed E-state index contributed by atoms with van der Waals surface area (Å²) in [5, 5.41) is 2.60. The van der Waals surface area contributed by atoms with Crippen LogP contribution in [0.4, 0.5) is 0 Å². The van der Waals surface area contributed by atoms with Crippen molar-refractivity contribution in [3.63, 3.8) is 0 Å². The molecular weight excluding hydrogens is 150 g/mol.